The van der Waals surface area contributed by atoms with E-state index in [0.717, 1.165) is 19.4 Å². The fraction of sp³-hybridized carbons (Fsp3) is 0.562. The number of carbonyl (C=O) groups is 1. The molecule has 2 atom stereocenters. The monoisotopic (exact) mass is 277 g/mol. The summed E-state index contributed by atoms with van der Waals surface area (Å²) >= 11 is 0. The highest BCUT2D eigenvalue weighted by Crippen LogP contribution is 2.22. The molecule has 0 amide bonds. The van der Waals surface area contributed by atoms with E-state index in [1.165, 1.54) is 5.56 Å². The van der Waals surface area contributed by atoms with Crippen molar-refractivity contribution in [2.45, 2.75) is 32.8 Å². The van der Waals surface area contributed by atoms with Crippen molar-refractivity contribution < 1.29 is 14.6 Å². The van der Waals surface area contributed by atoms with Crippen molar-refractivity contribution in [1.29, 1.82) is 0 Å². The second-order valence-electron chi connectivity index (χ2n) is 5.87. The zero-order valence-electron chi connectivity index (χ0n) is 12.1. The summed E-state index contributed by atoms with van der Waals surface area (Å²) in [7, 11) is 0. The minimum atomic E-state index is -0.882. The van der Waals surface area contributed by atoms with Gasteiger partial charge in [0.1, 0.15) is 5.75 Å². The van der Waals surface area contributed by atoms with Gasteiger partial charge >= 0.3 is 5.97 Å². The van der Waals surface area contributed by atoms with Crippen molar-refractivity contribution in [2.24, 2.45) is 11.8 Å². The lowest BCUT2D eigenvalue weighted by Crippen LogP contribution is -2.36. The van der Waals surface area contributed by atoms with Crippen LogP contribution in [-0.4, -0.2) is 30.3 Å². The van der Waals surface area contributed by atoms with Gasteiger partial charge in [-0.2, -0.15) is 0 Å². The normalized spacial score (nSPS) is 20.1. The maximum Gasteiger partial charge on any atom is 0.345 e. The van der Waals surface area contributed by atoms with Gasteiger partial charge in [-0.3, -0.25) is 0 Å². The molecule has 1 aliphatic heterocycles. The maximum absolute atomic E-state index is 11.4. The van der Waals surface area contributed by atoms with Crippen LogP contribution in [0.4, 0.5) is 0 Å². The topological polar surface area (TPSA) is 58.6 Å². The summed E-state index contributed by atoms with van der Waals surface area (Å²) in [6.07, 6.45) is 1.06. The quantitative estimate of drug-likeness (QED) is 0.838. The maximum atomic E-state index is 11.4. The van der Waals surface area contributed by atoms with E-state index in [1.807, 2.05) is 18.2 Å². The largest absolute Gasteiger partial charge is 0.478 e. The summed E-state index contributed by atoms with van der Waals surface area (Å²) in [5.41, 5.74) is 1.19. The summed E-state index contributed by atoms with van der Waals surface area (Å²) in [6.45, 7) is 5.91. The van der Waals surface area contributed by atoms with E-state index in [4.69, 9.17) is 4.74 Å². The fourth-order valence-corrected chi connectivity index (χ4v) is 2.65. The number of benzene rings is 1. The van der Waals surface area contributed by atoms with E-state index in [1.54, 1.807) is 0 Å². The third-order valence-corrected chi connectivity index (χ3v) is 3.58. The Morgan fingerprint density at radius 1 is 1.50 bits per heavy atom. The zero-order valence-corrected chi connectivity index (χ0v) is 12.1. The molecule has 0 radical (unpaired) electrons. The second-order valence-corrected chi connectivity index (χ2v) is 5.87. The minimum Gasteiger partial charge on any atom is -0.478 e. The summed E-state index contributed by atoms with van der Waals surface area (Å²) in [5, 5.41) is 12.5. The van der Waals surface area contributed by atoms with Gasteiger partial charge in [0.15, 0.2) is 6.10 Å². The molecule has 0 bridgehead atoms. The van der Waals surface area contributed by atoms with Crippen LogP contribution in [0.2, 0.25) is 0 Å². The van der Waals surface area contributed by atoms with Crippen molar-refractivity contribution in [2.75, 3.05) is 13.1 Å². The summed E-state index contributed by atoms with van der Waals surface area (Å²) < 4.78 is 5.74. The first kappa shape index (κ1) is 14.9. The van der Waals surface area contributed by atoms with Crippen LogP contribution in [0, 0.1) is 11.8 Å². The lowest BCUT2D eigenvalue weighted by molar-refractivity contribution is -0.147. The first-order valence-electron chi connectivity index (χ1n) is 7.25. The van der Waals surface area contributed by atoms with Crippen LogP contribution in [-0.2, 0) is 11.2 Å². The number of aliphatic carboxylic acids is 1. The third-order valence-electron chi connectivity index (χ3n) is 3.58. The molecule has 1 aliphatic rings. The van der Waals surface area contributed by atoms with Crippen LogP contribution >= 0.6 is 0 Å². The average molecular weight is 277 g/mol. The number of carboxylic acid groups (broad SMARTS) is 1. The molecule has 110 valence electrons. The number of ether oxygens (including phenoxy) is 1. The van der Waals surface area contributed by atoms with E-state index in [0.29, 0.717) is 18.2 Å². The number of rotatable bonds is 6. The second kappa shape index (κ2) is 6.75. The summed E-state index contributed by atoms with van der Waals surface area (Å²) in [4.78, 5) is 11.4. The van der Waals surface area contributed by atoms with Crippen LogP contribution in [0.3, 0.4) is 0 Å². The molecule has 2 N–H and O–H groups in total. The van der Waals surface area contributed by atoms with Crippen LogP contribution in [0.1, 0.15) is 25.8 Å². The minimum absolute atomic E-state index is 0.0428. The van der Waals surface area contributed by atoms with Crippen molar-refractivity contribution in [3.8, 4) is 5.75 Å². The molecule has 1 saturated heterocycles. The lowest BCUT2D eigenvalue weighted by atomic mass is 10.0. The van der Waals surface area contributed by atoms with Gasteiger partial charge in [0.05, 0.1) is 0 Å². The molecule has 0 aromatic heterocycles. The highest BCUT2D eigenvalue weighted by atomic mass is 16.5. The Morgan fingerprint density at radius 3 is 2.90 bits per heavy atom. The first-order chi connectivity index (χ1) is 9.56. The first-order valence-corrected chi connectivity index (χ1v) is 7.25. The molecule has 0 saturated carbocycles. The lowest BCUT2D eigenvalue weighted by Gasteiger charge is -2.20. The van der Waals surface area contributed by atoms with Gasteiger partial charge in [0.25, 0.3) is 0 Å². The molecule has 1 aromatic rings. The van der Waals surface area contributed by atoms with Crippen LogP contribution in [0.15, 0.2) is 24.3 Å². The molecule has 4 heteroatoms. The van der Waals surface area contributed by atoms with Gasteiger partial charge in [-0.25, -0.2) is 4.79 Å². The number of hydrogen-bond donors (Lipinski definition) is 2. The molecule has 0 spiro atoms. The van der Waals surface area contributed by atoms with Gasteiger partial charge in [0.2, 0.25) is 0 Å². The Balaban J connectivity index is 2.07. The predicted molar refractivity (Wildman–Crippen MR) is 78.0 cm³/mol. The molecule has 1 aromatic carbocycles. The smallest absolute Gasteiger partial charge is 0.345 e. The molecule has 0 unspecified atom stereocenters. The zero-order chi connectivity index (χ0) is 14.5. The number of hydrogen-bond acceptors (Lipinski definition) is 3. The van der Waals surface area contributed by atoms with Crippen LogP contribution < -0.4 is 10.1 Å². The van der Waals surface area contributed by atoms with Crippen molar-refractivity contribution in [1.82, 2.24) is 5.32 Å². The van der Waals surface area contributed by atoms with E-state index in [2.05, 4.69) is 25.2 Å². The van der Waals surface area contributed by atoms with Crippen molar-refractivity contribution in [3.05, 3.63) is 29.8 Å². The van der Waals surface area contributed by atoms with E-state index in [9.17, 15) is 9.90 Å². The Labute approximate surface area is 120 Å². The molecule has 1 fully saturated rings. The standard InChI is InChI=1S/C16H23NO3/c1-11(2)8-12-4-3-5-14(9-12)20-15(16(18)19)13-6-7-17-10-13/h3-5,9,11,13,15,17H,6-8,10H2,1-2H3,(H,18,19)/t13-,15+/m1/s1. The molecule has 4 nitrogen and oxygen atoms in total. The number of nitrogens with one attached hydrogen (secondary N) is 1. The molecular formula is C16H23NO3. The van der Waals surface area contributed by atoms with Gasteiger partial charge < -0.3 is 15.2 Å². The Kier molecular flexibility index (Phi) is 5.01. The van der Waals surface area contributed by atoms with Crippen molar-refractivity contribution in [3.63, 3.8) is 0 Å². The van der Waals surface area contributed by atoms with E-state index >= 15 is 0 Å². The Bertz CT molecular complexity index is 453. The van der Waals surface area contributed by atoms with Gasteiger partial charge in [-0.05, 0) is 43.0 Å². The molecular weight excluding hydrogens is 254 g/mol. The van der Waals surface area contributed by atoms with Gasteiger partial charge in [-0.15, -0.1) is 0 Å². The Morgan fingerprint density at radius 2 is 2.30 bits per heavy atom. The number of carboxylic acids is 1. The van der Waals surface area contributed by atoms with Crippen molar-refractivity contribution >= 4 is 5.97 Å². The van der Waals surface area contributed by atoms with Crippen LogP contribution in [0.25, 0.3) is 0 Å². The Hall–Kier alpha value is -1.55. The fourth-order valence-electron chi connectivity index (χ4n) is 2.65. The average Bonchev–Trinajstić information content (AvgIpc) is 2.88. The predicted octanol–water partition coefficient (Wildman–Crippen LogP) is 2.33. The highest BCUT2D eigenvalue weighted by Gasteiger charge is 2.32. The third kappa shape index (κ3) is 3.97. The molecule has 1 heterocycles. The SMILES string of the molecule is CC(C)Cc1cccc(O[C@H](C(=O)O)[C@@H]2CCNC2)c1. The van der Waals surface area contributed by atoms with Gasteiger partial charge in [-0.1, -0.05) is 26.0 Å². The molecule has 0 aliphatic carbocycles. The van der Waals surface area contributed by atoms with E-state index in [-0.39, 0.29) is 5.92 Å². The molecule has 2 rings (SSSR count). The highest BCUT2D eigenvalue weighted by molar-refractivity contribution is 5.73. The molecule has 20 heavy (non-hydrogen) atoms. The summed E-state index contributed by atoms with van der Waals surface area (Å²) in [5.74, 6) is 0.385. The van der Waals surface area contributed by atoms with E-state index < -0.39 is 12.1 Å². The summed E-state index contributed by atoms with van der Waals surface area (Å²) in [6, 6.07) is 7.78. The van der Waals surface area contributed by atoms with Gasteiger partial charge in [0, 0.05) is 12.5 Å². The van der Waals surface area contributed by atoms with Crippen LogP contribution in [0.5, 0.6) is 5.75 Å².